The summed E-state index contributed by atoms with van der Waals surface area (Å²) in [6.45, 7) is 6.26. The number of allylic oxidation sites excluding steroid dienone is 1. The minimum absolute atomic E-state index is 0.0797. The maximum absolute atomic E-state index is 11.2. The van der Waals surface area contributed by atoms with E-state index in [4.69, 9.17) is 4.74 Å². The van der Waals surface area contributed by atoms with E-state index in [1.54, 1.807) is 0 Å². The third kappa shape index (κ3) is 2.41. The van der Waals surface area contributed by atoms with E-state index in [-0.39, 0.29) is 11.9 Å². The average molecular weight is 230 g/mol. The van der Waals surface area contributed by atoms with Gasteiger partial charge in [-0.2, -0.15) is 0 Å². The lowest BCUT2D eigenvalue weighted by Gasteiger charge is -2.28. The fourth-order valence-electron chi connectivity index (χ4n) is 2.07. The molecule has 90 valence electrons. The first kappa shape index (κ1) is 11.9. The molecular weight excluding hydrogens is 212 g/mol. The number of carbonyl (C=O) groups is 1. The Balaban J connectivity index is 2.36. The molecule has 1 aliphatic heterocycles. The fourth-order valence-corrected chi connectivity index (χ4v) is 2.07. The van der Waals surface area contributed by atoms with Crippen LogP contribution in [-0.4, -0.2) is 5.97 Å². The van der Waals surface area contributed by atoms with Gasteiger partial charge < -0.3 is 4.74 Å². The topological polar surface area (TPSA) is 26.3 Å². The summed E-state index contributed by atoms with van der Waals surface area (Å²) in [5, 5.41) is 0. The van der Waals surface area contributed by atoms with E-state index in [1.165, 1.54) is 5.57 Å². The highest BCUT2D eigenvalue weighted by Gasteiger charge is 2.36. The van der Waals surface area contributed by atoms with Crippen molar-refractivity contribution in [3.8, 4) is 0 Å². The molecule has 1 fully saturated rings. The van der Waals surface area contributed by atoms with Gasteiger partial charge in [-0.25, -0.2) is 0 Å². The Morgan fingerprint density at radius 3 is 2.41 bits per heavy atom. The molecule has 0 spiro atoms. The summed E-state index contributed by atoms with van der Waals surface area (Å²) < 4.78 is 5.21. The normalized spacial score (nSPS) is 22.1. The lowest BCUT2D eigenvalue weighted by molar-refractivity contribution is -0.155. The van der Waals surface area contributed by atoms with Gasteiger partial charge in [0.15, 0.2) is 0 Å². The van der Waals surface area contributed by atoms with Crippen molar-refractivity contribution >= 4 is 11.5 Å². The molecule has 0 aliphatic carbocycles. The molecule has 0 radical (unpaired) electrons. The molecule has 1 saturated heterocycles. The van der Waals surface area contributed by atoms with Gasteiger partial charge in [0.1, 0.15) is 11.7 Å². The molecule has 0 saturated carbocycles. The number of hydrogen-bond donors (Lipinski definition) is 0. The molecule has 17 heavy (non-hydrogen) atoms. The highest BCUT2D eigenvalue weighted by molar-refractivity contribution is 5.88. The molecule has 1 aromatic carbocycles. The van der Waals surface area contributed by atoms with Crippen molar-refractivity contribution in [2.45, 2.75) is 27.2 Å². The minimum Gasteiger partial charge on any atom is -0.429 e. The van der Waals surface area contributed by atoms with Gasteiger partial charge in [-0.1, -0.05) is 44.2 Å². The van der Waals surface area contributed by atoms with E-state index in [0.717, 1.165) is 17.7 Å². The first-order chi connectivity index (χ1) is 8.09. The van der Waals surface area contributed by atoms with Crippen molar-refractivity contribution in [1.82, 2.24) is 0 Å². The van der Waals surface area contributed by atoms with Crippen LogP contribution in [0.5, 0.6) is 0 Å². The fraction of sp³-hybridized carbons (Fsp3) is 0.400. The number of benzene rings is 1. The van der Waals surface area contributed by atoms with Crippen molar-refractivity contribution in [1.29, 1.82) is 0 Å². The largest absolute Gasteiger partial charge is 0.429 e. The van der Waals surface area contributed by atoms with E-state index in [1.807, 2.05) is 25.1 Å². The van der Waals surface area contributed by atoms with Crippen LogP contribution in [0, 0.1) is 11.8 Å². The number of hydrogen-bond acceptors (Lipinski definition) is 2. The lowest BCUT2D eigenvalue weighted by Crippen LogP contribution is -2.31. The van der Waals surface area contributed by atoms with E-state index in [9.17, 15) is 4.79 Å². The maximum atomic E-state index is 11.2. The summed E-state index contributed by atoms with van der Waals surface area (Å²) in [4.78, 5) is 11.2. The zero-order valence-corrected chi connectivity index (χ0v) is 10.6. The van der Waals surface area contributed by atoms with Crippen LogP contribution in [0.2, 0.25) is 0 Å². The molecular formula is C15H18O2. The Morgan fingerprint density at radius 2 is 1.94 bits per heavy atom. The van der Waals surface area contributed by atoms with Crippen LogP contribution < -0.4 is 0 Å². The highest BCUT2D eigenvalue weighted by Crippen LogP contribution is 2.36. The van der Waals surface area contributed by atoms with Gasteiger partial charge in [-0.15, -0.1) is 0 Å². The van der Waals surface area contributed by atoms with Gasteiger partial charge in [0.25, 0.3) is 0 Å². The molecule has 2 nitrogen and oxygen atoms in total. The van der Waals surface area contributed by atoms with Crippen LogP contribution in [0.3, 0.4) is 0 Å². The van der Waals surface area contributed by atoms with Crippen LogP contribution in [-0.2, 0) is 9.53 Å². The Labute approximate surface area is 102 Å². The first-order valence-corrected chi connectivity index (χ1v) is 6.09. The third-order valence-electron chi connectivity index (χ3n) is 2.99. The number of ether oxygens (including phenoxy) is 1. The molecule has 2 rings (SSSR count). The summed E-state index contributed by atoms with van der Waals surface area (Å²) in [5.41, 5.74) is 2.34. The van der Waals surface area contributed by atoms with Gasteiger partial charge in [0.2, 0.25) is 0 Å². The third-order valence-corrected chi connectivity index (χ3v) is 2.99. The van der Waals surface area contributed by atoms with E-state index < -0.39 is 0 Å². The van der Waals surface area contributed by atoms with E-state index in [0.29, 0.717) is 5.92 Å². The van der Waals surface area contributed by atoms with Crippen molar-refractivity contribution in [3.05, 3.63) is 41.7 Å². The monoisotopic (exact) mass is 230 g/mol. The smallest absolute Gasteiger partial charge is 0.321 e. The molecule has 0 aromatic heterocycles. The van der Waals surface area contributed by atoms with Crippen LogP contribution >= 0.6 is 0 Å². The van der Waals surface area contributed by atoms with Crippen LogP contribution in [0.15, 0.2) is 36.1 Å². The summed E-state index contributed by atoms with van der Waals surface area (Å²) in [6, 6.07) is 10.2. The van der Waals surface area contributed by atoms with Crippen LogP contribution in [0.25, 0.3) is 5.57 Å². The van der Waals surface area contributed by atoms with Crippen molar-refractivity contribution < 1.29 is 9.53 Å². The molecule has 0 bridgehead atoms. The number of carbonyl (C=O) groups excluding carboxylic acids is 1. The van der Waals surface area contributed by atoms with Crippen molar-refractivity contribution in [3.63, 3.8) is 0 Å². The predicted octanol–water partition coefficient (Wildman–Crippen LogP) is 3.64. The van der Waals surface area contributed by atoms with E-state index >= 15 is 0 Å². The summed E-state index contributed by atoms with van der Waals surface area (Å²) in [6.07, 6.45) is 0.941. The summed E-state index contributed by atoms with van der Waals surface area (Å²) >= 11 is 0. The zero-order valence-electron chi connectivity index (χ0n) is 10.6. The van der Waals surface area contributed by atoms with Crippen molar-refractivity contribution in [2.24, 2.45) is 11.8 Å². The number of rotatable bonds is 3. The Morgan fingerprint density at radius 1 is 1.29 bits per heavy atom. The predicted molar refractivity (Wildman–Crippen MR) is 68.1 cm³/mol. The molecule has 1 aromatic rings. The molecule has 0 N–H and O–H groups in total. The van der Waals surface area contributed by atoms with Gasteiger partial charge in [-0.05, 0) is 30.4 Å². The molecule has 1 aliphatic rings. The number of esters is 1. The van der Waals surface area contributed by atoms with Gasteiger partial charge in [0.05, 0.1) is 0 Å². The van der Waals surface area contributed by atoms with Crippen LogP contribution in [0.4, 0.5) is 0 Å². The molecule has 0 amide bonds. The van der Waals surface area contributed by atoms with Gasteiger partial charge >= 0.3 is 5.97 Å². The maximum Gasteiger partial charge on any atom is 0.321 e. The summed E-state index contributed by atoms with van der Waals surface area (Å²) in [7, 11) is 0. The second-order valence-corrected chi connectivity index (χ2v) is 4.95. The molecule has 1 unspecified atom stereocenters. The molecule has 1 heterocycles. The quantitative estimate of drug-likeness (QED) is 0.741. The average Bonchev–Trinajstić information content (AvgIpc) is 2.34. The minimum atomic E-state index is -0.114. The van der Waals surface area contributed by atoms with Gasteiger partial charge in [-0.3, -0.25) is 4.79 Å². The highest BCUT2D eigenvalue weighted by atomic mass is 16.6. The second kappa shape index (κ2) is 4.74. The van der Waals surface area contributed by atoms with Crippen LogP contribution in [0.1, 0.15) is 32.8 Å². The lowest BCUT2D eigenvalue weighted by atomic mass is 9.89. The second-order valence-electron chi connectivity index (χ2n) is 4.95. The van der Waals surface area contributed by atoms with Crippen molar-refractivity contribution in [2.75, 3.05) is 0 Å². The van der Waals surface area contributed by atoms with E-state index in [2.05, 4.69) is 26.0 Å². The Hall–Kier alpha value is -1.57. The Kier molecular flexibility index (Phi) is 3.32. The first-order valence-electron chi connectivity index (χ1n) is 6.09. The van der Waals surface area contributed by atoms with Gasteiger partial charge in [0, 0.05) is 0 Å². The number of cyclic esters (lactones) is 1. The zero-order chi connectivity index (χ0) is 12.4. The standard InChI is InChI=1S/C15H18O2/c1-10(2)9-13(12-7-5-4-6-8-12)14-11(3)15(16)17-14/h4-8,10-11H,9H2,1-3H3/b14-13+. The molecule has 1 atom stereocenters. The SMILES string of the molecule is CC(C)C/C(=C1\OC(=O)C1C)c1ccccc1. The Bertz CT molecular complexity index is 443. The summed E-state index contributed by atoms with van der Waals surface area (Å²) in [5.74, 6) is 1.21. The molecule has 2 heteroatoms.